The number of aryl methyl sites for hydroxylation is 1. The molecule has 0 aromatic heterocycles. The van der Waals surface area contributed by atoms with E-state index in [9.17, 15) is 4.79 Å². The third kappa shape index (κ3) is 4.33. The molecule has 2 N–H and O–H groups in total. The highest BCUT2D eigenvalue weighted by Gasteiger charge is 2.11. The third-order valence-corrected chi connectivity index (χ3v) is 3.50. The molecule has 0 aliphatic carbocycles. The first-order valence-corrected chi connectivity index (χ1v) is 7.34. The maximum Gasteiger partial charge on any atom is 0.253 e. The number of rotatable bonds is 6. The standard InChI is InChI=1S/C18H22N2O2/c1-14-3-9-17(10-4-14)22-12-11-20(2)18(21)16-7-5-15(13-19)6-8-16/h3-10H,11-13,19H2,1-2H3. The lowest BCUT2D eigenvalue weighted by atomic mass is 10.1. The van der Waals surface area contributed by atoms with Gasteiger partial charge in [0.2, 0.25) is 0 Å². The number of carbonyl (C=O) groups is 1. The fourth-order valence-electron chi connectivity index (χ4n) is 2.04. The number of nitrogens with two attached hydrogens (primary N) is 1. The smallest absolute Gasteiger partial charge is 0.253 e. The molecule has 0 heterocycles. The largest absolute Gasteiger partial charge is 0.492 e. The number of hydrogen-bond donors (Lipinski definition) is 1. The van der Waals surface area contributed by atoms with Crippen LogP contribution >= 0.6 is 0 Å². The summed E-state index contributed by atoms with van der Waals surface area (Å²) < 4.78 is 5.64. The Morgan fingerprint density at radius 2 is 1.73 bits per heavy atom. The first-order valence-electron chi connectivity index (χ1n) is 7.34. The molecular formula is C18H22N2O2. The van der Waals surface area contributed by atoms with E-state index in [-0.39, 0.29) is 5.91 Å². The van der Waals surface area contributed by atoms with Gasteiger partial charge in [-0.25, -0.2) is 0 Å². The molecule has 1 amide bonds. The van der Waals surface area contributed by atoms with Gasteiger partial charge in [0.1, 0.15) is 12.4 Å². The zero-order chi connectivity index (χ0) is 15.9. The summed E-state index contributed by atoms with van der Waals surface area (Å²) in [6.07, 6.45) is 0. The minimum absolute atomic E-state index is 0.0175. The molecule has 2 aromatic carbocycles. The summed E-state index contributed by atoms with van der Waals surface area (Å²) in [4.78, 5) is 13.9. The zero-order valence-electron chi connectivity index (χ0n) is 13.1. The second-order valence-electron chi connectivity index (χ2n) is 5.29. The Labute approximate surface area is 131 Å². The Kier molecular flexibility index (Phi) is 5.55. The lowest BCUT2D eigenvalue weighted by Crippen LogP contribution is -2.30. The molecule has 4 heteroatoms. The maximum absolute atomic E-state index is 12.3. The van der Waals surface area contributed by atoms with E-state index in [0.29, 0.717) is 25.3 Å². The van der Waals surface area contributed by atoms with E-state index in [1.54, 1.807) is 11.9 Å². The first kappa shape index (κ1) is 16.0. The van der Waals surface area contributed by atoms with Gasteiger partial charge >= 0.3 is 0 Å². The topological polar surface area (TPSA) is 55.6 Å². The van der Waals surface area contributed by atoms with E-state index >= 15 is 0 Å². The van der Waals surface area contributed by atoms with Gasteiger partial charge in [0, 0.05) is 19.2 Å². The SMILES string of the molecule is Cc1ccc(OCCN(C)C(=O)c2ccc(CN)cc2)cc1. The summed E-state index contributed by atoms with van der Waals surface area (Å²) in [6, 6.07) is 15.2. The molecule has 0 saturated carbocycles. The van der Waals surface area contributed by atoms with Crippen molar-refractivity contribution in [1.82, 2.24) is 4.90 Å². The van der Waals surface area contributed by atoms with Crippen molar-refractivity contribution in [2.75, 3.05) is 20.2 Å². The average Bonchev–Trinajstić information content (AvgIpc) is 2.56. The molecule has 0 aliphatic heterocycles. The van der Waals surface area contributed by atoms with Crippen molar-refractivity contribution >= 4 is 5.91 Å². The van der Waals surface area contributed by atoms with Gasteiger partial charge in [0.05, 0.1) is 6.54 Å². The van der Waals surface area contributed by atoms with Gasteiger partial charge in [-0.2, -0.15) is 0 Å². The van der Waals surface area contributed by atoms with E-state index in [0.717, 1.165) is 11.3 Å². The Morgan fingerprint density at radius 3 is 2.32 bits per heavy atom. The van der Waals surface area contributed by atoms with Gasteiger partial charge in [0.25, 0.3) is 5.91 Å². The molecule has 0 saturated heterocycles. The molecule has 4 nitrogen and oxygen atoms in total. The van der Waals surface area contributed by atoms with Gasteiger partial charge in [-0.3, -0.25) is 4.79 Å². The van der Waals surface area contributed by atoms with Gasteiger partial charge in [-0.1, -0.05) is 29.8 Å². The highest BCUT2D eigenvalue weighted by molar-refractivity contribution is 5.94. The van der Waals surface area contributed by atoms with Crippen molar-refractivity contribution in [1.29, 1.82) is 0 Å². The van der Waals surface area contributed by atoms with Crippen LogP contribution in [0.15, 0.2) is 48.5 Å². The van der Waals surface area contributed by atoms with E-state index in [2.05, 4.69) is 0 Å². The number of hydrogen-bond acceptors (Lipinski definition) is 3. The molecule has 0 unspecified atom stereocenters. The Bertz CT molecular complexity index is 606. The van der Waals surface area contributed by atoms with Crippen LogP contribution in [-0.4, -0.2) is 31.0 Å². The lowest BCUT2D eigenvalue weighted by molar-refractivity contribution is 0.0774. The van der Waals surface area contributed by atoms with Crippen LogP contribution in [0, 0.1) is 6.92 Å². The Morgan fingerprint density at radius 1 is 1.09 bits per heavy atom. The van der Waals surface area contributed by atoms with Crippen LogP contribution in [0.4, 0.5) is 0 Å². The molecule has 116 valence electrons. The van der Waals surface area contributed by atoms with E-state index in [4.69, 9.17) is 10.5 Å². The summed E-state index contributed by atoms with van der Waals surface area (Å²) in [6.45, 7) is 3.51. The molecule has 0 radical (unpaired) electrons. The van der Waals surface area contributed by atoms with Crippen molar-refractivity contribution in [2.24, 2.45) is 5.73 Å². The van der Waals surface area contributed by atoms with Crippen LogP contribution in [0.5, 0.6) is 5.75 Å². The Hall–Kier alpha value is -2.33. The first-order chi connectivity index (χ1) is 10.6. The van der Waals surface area contributed by atoms with Crippen molar-refractivity contribution in [2.45, 2.75) is 13.5 Å². The second kappa shape index (κ2) is 7.61. The van der Waals surface area contributed by atoms with Crippen molar-refractivity contribution in [3.8, 4) is 5.75 Å². The number of likely N-dealkylation sites (N-methyl/N-ethyl adjacent to an activating group) is 1. The van der Waals surface area contributed by atoms with Crippen LogP contribution in [-0.2, 0) is 6.54 Å². The van der Waals surface area contributed by atoms with Gasteiger partial charge in [0.15, 0.2) is 0 Å². The van der Waals surface area contributed by atoms with Crippen LogP contribution in [0.3, 0.4) is 0 Å². The van der Waals surface area contributed by atoms with E-state index in [1.165, 1.54) is 5.56 Å². The number of ether oxygens (including phenoxy) is 1. The molecule has 0 spiro atoms. The number of benzene rings is 2. The summed E-state index contributed by atoms with van der Waals surface area (Å²) in [7, 11) is 1.78. The maximum atomic E-state index is 12.3. The van der Waals surface area contributed by atoms with Crippen LogP contribution in [0.25, 0.3) is 0 Å². The van der Waals surface area contributed by atoms with Gasteiger partial charge in [-0.05, 0) is 36.8 Å². The predicted octanol–water partition coefficient (Wildman–Crippen LogP) is 2.60. The molecule has 22 heavy (non-hydrogen) atoms. The molecule has 2 rings (SSSR count). The highest BCUT2D eigenvalue weighted by atomic mass is 16.5. The molecule has 0 aliphatic rings. The minimum atomic E-state index is -0.0175. The molecule has 2 aromatic rings. The number of carbonyl (C=O) groups excluding carboxylic acids is 1. The van der Waals surface area contributed by atoms with E-state index in [1.807, 2.05) is 55.5 Å². The summed E-state index contributed by atoms with van der Waals surface area (Å²) in [5.41, 5.74) is 8.43. The van der Waals surface area contributed by atoms with Crippen LogP contribution < -0.4 is 10.5 Å². The predicted molar refractivity (Wildman–Crippen MR) is 88.0 cm³/mol. The fraction of sp³-hybridized carbons (Fsp3) is 0.278. The minimum Gasteiger partial charge on any atom is -0.492 e. The summed E-state index contributed by atoms with van der Waals surface area (Å²) >= 11 is 0. The average molecular weight is 298 g/mol. The highest BCUT2D eigenvalue weighted by Crippen LogP contribution is 2.11. The normalized spacial score (nSPS) is 10.3. The van der Waals surface area contributed by atoms with Gasteiger partial charge < -0.3 is 15.4 Å². The Balaban J connectivity index is 1.84. The molecule has 0 fully saturated rings. The quantitative estimate of drug-likeness (QED) is 0.892. The summed E-state index contributed by atoms with van der Waals surface area (Å²) in [5, 5.41) is 0. The van der Waals surface area contributed by atoms with Crippen molar-refractivity contribution in [3.05, 3.63) is 65.2 Å². The molecule has 0 atom stereocenters. The summed E-state index contributed by atoms with van der Waals surface area (Å²) in [5.74, 6) is 0.801. The molecular weight excluding hydrogens is 276 g/mol. The van der Waals surface area contributed by atoms with E-state index < -0.39 is 0 Å². The van der Waals surface area contributed by atoms with Crippen molar-refractivity contribution in [3.63, 3.8) is 0 Å². The lowest BCUT2D eigenvalue weighted by Gasteiger charge is -2.17. The fourth-order valence-corrected chi connectivity index (χ4v) is 2.04. The monoisotopic (exact) mass is 298 g/mol. The van der Waals surface area contributed by atoms with Gasteiger partial charge in [-0.15, -0.1) is 0 Å². The van der Waals surface area contributed by atoms with Crippen LogP contribution in [0.1, 0.15) is 21.5 Å². The number of amides is 1. The zero-order valence-corrected chi connectivity index (χ0v) is 13.1. The molecule has 0 bridgehead atoms. The number of nitrogens with zero attached hydrogens (tertiary/aromatic N) is 1. The van der Waals surface area contributed by atoms with Crippen LogP contribution in [0.2, 0.25) is 0 Å². The third-order valence-electron chi connectivity index (χ3n) is 3.50. The second-order valence-corrected chi connectivity index (χ2v) is 5.29. The van der Waals surface area contributed by atoms with Crippen molar-refractivity contribution < 1.29 is 9.53 Å².